The van der Waals surface area contributed by atoms with Crippen molar-refractivity contribution < 1.29 is 14.3 Å². The van der Waals surface area contributed by atoms with E-state index in [1.165, 1.54) is 5.57 Å². The molecule has 4 heteroatoms. The van der Waals surface area contributed by atoms with Crippen molar-refractivity contribution in [1.29, 1.82) is 0 Å². The maximum atomic E-state index is 10.9. The maximum absolute atomic E-state index is 10.9. The van der Waals surface area contributed by atoms with Gasteiger partial charge in [-0.25, -0.2) is 4.79 Å². The summed E-state index contributed by atoms with van der Waals surface area (Å²) in [4.78, 5) is 10.9. The zero-order valence-corrected chi connectivity index (χ0v) is 17.5. The molecule has 2 atom stereocenters. The van der Waals surface area contributed by atoms with Crippen LogP contribution in [-0.2, 0) is 9.22 Å². The molecule has 0 aliphatic carbocycles. The van der Waals surface area contributed by atoms with Gasteiger partial charge >= 0.3 is 5.97 Å². The summed E-state index contributed by atoms with van der Waals surface area (Å²) in [6, 6.07) is 0. The molecule has 0 aromatic heterocycles. The van der Waals surface area contributed by atoms with E-state index in [9.17, 15) is 4.79 Å². The normalized spacial score (nSPS) is 17.1. The number of allylic oxidation sites excluding steroid dienone is 2. The van der Waals surface area contributed by atoms with Crippen molar-refractivity contribution in [2.75, 3.05) is 0 Å². The Bertz CT molecular complexity index is 456. The molecule has 0 saturated heterocycles. The first-order valence-electron chi connectivity index (χ1n) is 8.54. The van der Waals surface area contributed by atoms with E-state index < -0.39 is 14.3 Å². The van der Waals surface area contributed by atoms with E-state index in [-0.39, 0.29) is 11.1 Å². The second kappa shape index (κ2) is 8.83. The smallest absolute Gasteiger partial charge is 0.330 e. The van der Waals surface area contributed by atoms with Gasteiger partial charge in [-0.3, -0.25) is 0 Å². The van der Waals surface area contributed by atoms with Gasteiger partial charge in [-0.15, -0.1) is 0 Å². The fourth-order valence-corrected chi connectivity index (χ4v) is 3.52. The second-order valence-corrected chi connectivity index (χ2v) is 12.8. The number of aliphatic carboxylic acids is 1. The largest absolute Gasteiger partial charge is 0.478 e. The van der Waals surface area contributed by atoms with Crippen LogP contribution in [0.5, 0.6) is 0 Å². The van der Waals surface area contributed by atoms with Crippen LogP contribution in [0.2, 0.25) is 18.1 Å². The lowest BCUT2D eigenvalue weighted by Gasteiger charge is -2.41. The fraction of sp³-hybridized carbons (Fsp3) is 0.737. The summed E-state index contributed by atoms with van der Waals surface area (Å²) in [6.45, 7) is 19.4. The molecule has 0 aliphatic rings. The Balaban J connectivity index is 5.06. The molecule has 0 aromatic carbocycles. The number of carboxylic acid groups (broad SMARTS) is 1. The number of hydrogen-bond donors (Lipinski definition) is 1. The first-order valence-corrected chi connectivity index (χ1v) is 11.4. The highest BCUT2D eigenvalue weighted by Gasteiger charge is 2.40. The molecule has 0 fully saturated rings. The van der Waals surface area contributed by atoms with Gasteiger partial charge in [0.05, 0.1) is 6.10 Å². The standard InChI is InChI=1S/C19H36O3Si/c1-10-14(2)17(22-23(8,9)19(5,6)7)15(3)12-11-13-16(4)18(20)21/h10,13,15,17H,11-12H2,1-9H3,(H,20,21)/b14-10+,16-13+/t15-,17+/m0/s1. The molecule has 0 rings (SSSR count). The van der Waals surface area contributed by atoms with Gasteiger partial charge in [-0.1, -0.05) is 39.8 Å². The zero-order chi connectivity index (χ0) is 18.4. The molecule has 0 heterocycles. The number of hydrogen-bond acceptors (Lipinski definition) is 2. The highest BCUT2D eigenvalue weighted by Crippen LogP contribution is 2.39. The van der Waals surface area contributed by atoms with Crippen LogP contribution in [0.15, 0.2) is 23.3 Å². The minimum absolute atomic E-state index is 0.111. The van der Waals surface area contributed by atoms with E-state index in [4.69, 9.17) is 9.53 Å². The van der Waals surface area contributed by atoms with Crippen LogP contribution in [0, 0.1) is 5.92 Å². The van der Waals surface area contributed by atoms with Crippen LogP contribution in [0.4, 0.5) is 0 Å². The topological polar surface area (TPSA) is 46.5 Å². The van der Waals surface area contributed by atoms with Gasteiger partial charge in [0.25, 0.3) is 0 Å². The number of carboxylic acids is 1. The molecule has 0 spiro atoms. The highest BCUT2D eigenvalue weighted by atomic mass is 28.4. The van der Waals surface area contributed by atoms with Crippen LogP contribution in [0.25, 0.3) is 0 Å². The molecule has 0 aromatic rings. The van der Waals surface area contributed by atoms with E-state index in [2.05, 4.69) is 60.7 Å². The van der Waals surface area contributed by atoms with Gasteiger partial charge in [0.2, 0.25) is 0 Å². The Morgan fingerprint density at radius 3 is 2.17 bits per heavy atom. The van der Waals surface area contributed by atoms with Crippen molar-refractivity contribution in [3.05, 3.63) is 23.3 Å². The van der Waals surface area contributed by atoms with Gasteiger partial charge in [-0.05, 0) is 63.2 Å². The van der Waals surface area contributed by atoms with Crippen LogP contribution < -0.4 is 0 Å². The Labute approximate surface area is 144 Å². The number of carbonyl (C=O) groups is 1. The highest BCUT2D eigenvalue weighted by molar-refractivity contribution is 6.74. The van der Waals surface area contributed by atoms with Gasteiger partial charge in [0.15, 0.2) is 8.32 Å². The van der Waals surface area contributed by atoms with Crippen molar-refractivity contribution in [2.24, 2.45) is 5.92 Å². The third kappa shape index (κ3) is 7.04. The molecule has 0 unspecified atom stereocenters. The van der Waals surface area contributed by atoms with Crippen LogP contribution in [0.1, 0.15) is 61.3 Å². The van der Waals surface area contributed by atoms with Gasteiger partial charge in [-0.2, -0.15) is 0 Å². The van der Waals surface area contributed by atoms with Gasteiger partial charge < -0.3 is 9.53 Å². The van der Waals surface area contributed by atoms with E-state index in [1.54, 1.807) is 6.92 Å². The summed E-state index contributed by atoms with van der Waals surface area (Å²) in [7, 11) is -1.84. The van der Waals surface area contributed by atoms with E-state index >= 15 is 0 Å². The summed E-state index contributed by atoms with van der Waals surface area (Å²) in [5.41, 5.74) is 1.68. The van der Waals surface area contributed by atoms with Crippen molar-refractivity contribution in [3.8, 4) is 0 Å². The minimum Gasteiger partial charge on any atom is -0.478 e. The molecule has 0 bridgehead atoms. The summed E-state index contributed by atoms with van der Waals surface area (Å²) >= 11 is 0. The maximum Gasteiger partial charge on any atom is 0.330 e. The SMILES string of the molecule is C/C=C(\C)[C@@H](O[Si](C)(C)C(C)(C)C)[C@@H](C)CC/C=C(\C)C(=O)O. The Kier molecular flexibility index (Phi) is 8.50. The number of rotatable bonds is 8. The van der Waals surface area contributed by atoms with Crippen LogP contribution in [0.3, 0.4) is 0 Å². The van der Waals surface area contributed by atoms with Crippen molar-refractivity contribution in [1.82, 2.24) is 0 Å². The molecule has 3 nitrogen and oxygen atoms in total. The molecule has 0 amide bonds. The summed E-state index contributed by atoms with van der Waals surface area (Å²) in [5.74, 6) is -0.477. The van der Waals surface area contributed by atoms with E-state index in [0.29, 0.717) is 11.5 Å². The average molecular weight is 341 g/mol. The first-order chi connectivity index (χ1) is 10.3. The minimum atomic E-state index is -1.84. The van der Waals surface area contributed by atoms with E-state index in [1.807, 2.05) is 6.08 Å². The Morgan fingerprint density at radius 1 is 1.26 bits per heavy atom. The molecule has 0 saturated carbocycles. The van der Waals surface area contributed by atoms with Gasteiger partial charge in [0, 0.05) is 5.57 Å². The zero-order valence-electron chi connectivity index (χ0n) is 16.5. The molecular weight excluding hydrogens is 304 g/mol. The summed E-state index contributed by atoms with van der Waals surface area (Å²) in [6.07, 6.45) is 5.75. The Morgan fingerprint density at radius 2 is 1.78 bits per heavy atom. The predicted molar refractivity (Wildman–Crippen MR) is 101 cm³/mol. The van der Waals surface area contributed by atoms with Crippen molar-refractivity contribution in [3.63, 3.8) is 0 Å². The quantitative estimate of drug-likeness (QED) is 0.345. The van der Waals surface area contributed by atoms with Crippen molar-refractivity contribution >= 4 is 14.3 Å². The van der Waals surface area contributed by atoms with Crippen molar-refractivity contribution in [2.45, 2.75) is 85.5 Å². The van der Waals surface area contributed by atoms with Crippen LogP contribution >= 0.6 is 0 Å². The molecule has 23 heavy (non-hydrogen) atoms. The third-order valence-electron chi connectivity index (χ3n) is 5.06. The summed E-state index contributed by atoms with van der Waals surface area (Å²) in [5, 5.41) is 9.11. The molecule has 0 radical (unpaired) electrons. The van der Waals surface area contributed by atoms with Crippen LogP contribution in [-0.4, -0.2) is 25.5 Å². The lowest BCUT2D eigenvalue weighted by Crippen LogP contribution is -2.45. The molecular formula is C19H36O3Si. The monoisotopic (exact) mass is 340 g/mol. The predicted octanol–water partition coefficient (Wildman–Crippen LogP) is 5.79. The lowest BCUT2D eigenvalue weighted by molar-refractivity contribution is -0.132. The van der Waals surface area contributed by atoms with E-state index in [0.717, 1.165) is 12.8 Å². The Hall–Kier alpha value is -0.873. The lowest BCUT2D eigenvalue weighted by atomic mass is 9.93. The average Bonchev–Trinajstić information content (AvgIpc) is 2.42. The first kappa shape index (κ1) is 22.1. The molecule has 1 N–H and O–H groups in total. The second-order valence-electron chi connectivity index (χ2n) is 8.08. The molecule has 134 valence electrons. The fourth-order valence-electron chi connectivity index (χ4n) is 2.12. The molecule has 0 aliphatic heterocycles. The summed E-state index contributed by atoms with van der Waals surface area (Å²) < 4.78 is 6.66. The third-order valence-corrected chi connectivity index (χ3v) is 9.51. The van der Waals surface area contributed by atoms with Gasteiger partial charge in [0.1, 0.15) is 0 Å².